The third kappa shape index (κ3) is 4.07. The van der Waals surface area contributed by atoms with Crippen LogP contribution in [0.4, 0.5) is 0 Å². The molecule has 0 amide bonds. The lowest BCUT2D eigenvalue weighted by molar-refractivity contribution is 0.0552. The first-order chi connectivity index (χ1) is 12.7. The predicted octanol–water partition coefficient (Wildman–Crippen LogP) is 2.71. The SMILES string of the molecule is CSc1sc(C(=N)N)cc1S(=O)(=O)c1cccc(C2CC(O)CCN2C)c1. The highest BCUT2D eigenvalue weighted by Crippen LogP contribution is 2.38. The topological polar surface area (TPSA) is 107 Å². The van der Waals surface area contributed by atoms with Crippen molar-refractivity contribution >= 4 is 38.8 Å². The van der Waals surface area contributed by atoms with E-state index in [0.717, 1.165) is 18.5 Å². The van der Waals surface area contributed by atoms with Crippen LogP contribution in [0.25, 0.3) is 0 Å². The van der Waals surface area contributed by atoms with Crippen LogP contribution in [0.3, 0.4) is 0 Å². The van der Waals surface area contributed by atoms with Crippen molar-refractivity contribution in [2.24, 2.45) is 5.73 Å². The molecule has 0 bridgehead atoms. The Labute approximate surface area is 167 Å². The van der Waals surface area contributed by atoms with E-state index < -0.39 is 9.84 Å². The highest BCUT2D eigenvalue weighted by Gasteiger charge is 2.29. The first-order valence-electron chi connectivity index (χ1n) is 8.49. The summed E-state index contributed by atoms with van der Waals surface area (Å²) in [6.45, 7) is 0.770. The van der Waals surface area contributed by atoms with Gasteiger partial charge in [-0.1, -0.05) is 12.1 Å². The van der Waals surface area contributed by atoms with Gasteiger partial charge in [0.15, 0.2) is 0 Å². The van der Waals surface area contributed by atoms with Crippen LogP contribution in [0.1, 0.15) is 29.3 Å². The van der Waals surface area contributed by atoms with Crippen LogP contribution >= 0.6 is 23.1 Å². The molecular weight excluding hydrogens is 402 g/mol. The lowest BCUT2D eigenvalue weighted by Crippen LogP contribution is -2.36. The second-order valence-electron chi connectivity index (χ2n) is 6.63. The van der Waals surface area contributed by atoms with Crippen LogP contribution in [0.2, 0.25) is 0 Å². The van der Waals surface area contributed by atoms with E-state index >= 15 is 0 Å². The summed E-state index contributed by atoms with van der Waals surface area (Å²) < 4.78 is 27.1. The van der Waals surface area contributed by atoms with E-state index in [-0.39, 0.29) is 27.8 Å². The first-order valence-corrected chi connectivity index (χ1v) is 12.0. The average molecular weight is 426 g/mol. The molecule has 1 saturated heterocycles. The molecule has 1 aromatic carbocycles. The van der Waals surface area contributed by atoms with E-state index in [2.05, 4.69) is 4.90 Å². The van der Waals surface area contributed by atoms with E-state index in [1.165, 1.54) is 29.2 Å². The Hall–Kier alpha value is -1.39. The van der Waals surface area contributed by atoms with Gasteiger partial charge in [-0.2, -0.15) is 0 Å². The quantitative estimate of drug-likeness (QED) is 0.386. The molecule has 1 aromatic heterocycles. The molecule has 1 aliphatic rings. The van der Waals surface area contributed by atoms with E-state index in [1.54, 1.807) is 18.2 Å². The third-order valence-electron chi connectivity index (χ3n) is 4.80. The molecule has 4 N–H and O–H groups in total. The van der Waals surface area contributed by atoms with Crippen molar-refractivity contribution in [2.45, 2.75) is 39.0 Å². The molecule has 2 heterocycles. The van der Waals surface area contributed by atoms with Gasteiger partial charge >= 0.3 is 0 Å². The number of amidine groups is 1. The molecule has 2 aromatic rings. The lowest BCUT2D eigenvalue weighted by atomic mass is 9.94. The van der Waals surface area contributed by atoms with Crippen LogP contribution in [-0.4, -0.2) is 50.2 Å². The molecule has 1 fully saturated rings. The summed E-state index contributed by atoms with van der Waals surface area (Å²) in [5.74, 6) is -0.136. The molecule has 2 atom stereocenters. The average Bonchev–Trinajstić information content (AvgIpc) is 3.09. The van der Waals surface area contributed by atoms with Crippen molar-refractivity contribution in [3.8, 4) is 0 Å². The maximum absolute atomic E-state index is 13.2. The Kier molecular flexibility index (Phi) is 5.97. The summed E-state index contributed by atoms with van der Waals surface area (Å²) in [5.41, 5.74) is 6.42. The van der Waals surface area contributed by atoms with E-state index in [9.17, 15) is 13.5 Å². The second kappa shape index (κ2) is 7.92. The highest BCUT2D eigenvalue weighted by atomic mass is 32.2. The highest BCUT2D eigenvalue weighted by molar-refractivity contribution is 8.01. The molecule has 0 radical (unpaired) electrons. The zero-order valence-electron chi connectivity index (χ0n) is 15.2. The van der Waals surface area contributed by atoms with Crippen LogP contribution in [0.15, 0.2) is 44.3 Å². The van der Waals surface area contributed by atoms with Gasteiger partial charge in [-0.25, -0.2) is 8.42 Å². The number of nitrogen functional groups attached to an aromatic ring is 1. The van der Waals surface area contributed by atoms with Crippen molar-refractivity contribution < 1.29 is 13.5 Å². The standard InChI is InChI=1S/C18H23N3O3S3/c1-21-7-6-12(22)9-14(21)11-4-3-5-13(8-11)27(23,24)16-10-15(17(19)20)26-18(16)25-2/h3-5,8,10,12,14,22H,6-7,9H2,1-2H3,(H3,19,20). The van der Waals surface area contributed by atoms with Gasteiger partial charge in [-0.05, 0) is 49.9 Å². The van der Waals surface area contributed by atoms with Gasteiger partial charge in [0.05, 0.1) is 25.0 Å². The third-order valence-corrected chi connectivity index (χ3v) is 9.14. The van der Waals surface area contributed by atoms with Crippen molar-refractivity contribution in [3.63, 3.8) is 0 Å². The number of aliphatic hydroxyl groups is 1. The van der Waals surface area contributed by atoms with Gasteiger partial charge in [0.25, 0.3) is 0 Å². The number of benzene rings is 1. The number of nitrogens with zero attached hydrogens (tertiary/aromatic N) is 1. The van der Waals surface area contributed by atoms with Gasteiger partial charge in [0.1, 0.15) is 5.84 Å². The number of nitrogens with two attached hydrogens (primary N) is 1. The predicted molar refractivity (Wildman–Crippen MR) is 110 cm³/mol. The van der Waals surface area contributed by atoms with Gasteiger partial charge in [-0.15, -0.1) is 23.1 Å². The summed E-state index contributed by atoms with van der Waals surface area (Å²) >= 11 is 2.55. The maximum Gasteiger partial charge on any atom is 0.208 e. The molecule has 0 spiro atoms. The number of nitrogens with one attached hydrogen (secondary N) is 1. The Morgan fingerprint density at radius 2 is 2.15 bits per heavy atom. The lowest BCUT2D eigenvalue weighted by Gasteiger charge is -2.35. The summed E-state index contributed by atoms with van der Waals surface area (Å²) in [6.07, 6.45) is 2.75. The molecule has 2 unspecified atom stereocenters. The fourth-order valence-electron chi connectivity index (χ4n) is 3.29. The molecule has 146 valence electrons. The minimum atomic E-state index is -3.73. The normalized spacial score (nSPS) is 21.3. The minimum absolute atomic E-state index is 0.0147. The van der Waals surface area contributed by atoms with Gasteiger partial charge in [-0.3, -0.25) is 10.3 Å². The Bertz CT molecular complexity index is 956. The summed E-state index contributed by atoms with van der Waals surface area (Å²) in [7, 11) is -1.74. The van der Waals surface area contributed by atoms with E-state index in [0.29, 0.717) is 15.5 Å². The summed E-state index contributed by atoms with van der Waals surface area (Å²) in [6, 6.07) is 8.41. The Balaban J connectivity index is 2.02. The Morgan fingerprint density at radius 1 is 1.41 bits per heavy atom. The number of piperidine rings is 1. The number of thioether (sulfide) groups is 1. The molecule has 9 heteroatoms. The second-order valence-corrected chi connectivity index (χ2v) is 10.7. The fourth-order valence-corrected chi connectivity index (χ4v) is 7.20. The fraction of sp³-hybridized carbons (Fsp3) is 0.389. The van der Waals surface area contributed by atoms with Crippen molar-refractivity contribution in [1.29, 1.82) is 5.41 Å². The molecule has 6 nitrogen and oxygen atoms in total. The van der Waals surface area contributed by atoms with Crippen LogP contribution in [-0.2, 0) is 9.84 Å². The zero-order chi connectivity index (χ0) is 19.8. The number of hydrogen-bond acceptors (Lipinski definition) is 7. The van der Waals surface area contributed by atoms with Crippen LogP contribution in [0, 0.1) is 5.41 Å². The molecular formula is C18H23N3O3S3. The summed E-state index contributed by atoms with van der Waals surface area (Å²) in [4.78, 5) is 3.00. The van der Waals surface area contributed by atoms with Gasteiger partial charge in [0.2, 0.25) is 9.84 Å². The first kappa shape index (κ1) is 20.3. The number of aliphatic hydroxyl groups excluding tert-OH is 1. The summed E-state index contributed by atoms with van der Waals surface area (Å²) in [5, 5.41) is 17.6. The van der Waals surface area contributed by atoms with E-state index in [4.69, 9.17) is 11.1 Å². The Morgan fingerprint density at radius 3 is 2.81 bits per heavy atom. The van der Waals surface area contributed by atoms with Crippen LogP contribution in [0.5, 0.6) is 0 Å². The number of rotatable bonds is 5. The van der Waals surface area contributed by atoms with Crippen LogP contribution < -0.4 is 5.73 Å². The maximum atomic E-state index is 13.2. The number of sulfone groups is 1. The molecule has 27 heavy (non-hydrogen) atoms. The molecule has 1 aliphatic heterocycles. The van der Waals surface area contributed by atoms with E-state index in [1.807, 2.05) is 19.4 Å². The largest absolute Gasteiger partial charge is 0.393 e. The minimum Gasteiger partial charge on any atom is -0.393 e. The molecule has 0 aliphatic carbocycles. The van der Waals surface area contributed by atoms with Gasteiger partial charge in [0, 0.05) is 12.6 Å². The molecule has 0 saturated carbocycles. The van der Waals surface area contributed by atoms with Crippen molar-refractivity contribution in [3.05, 3.63) is 40.8 Å². The van der Waals surface area contributed by atoms with Crippen molar-refractivity contribution in [2.75, 3.05) is 19.8 Å². The number of likely N-dealkylation sites (tertiary alicyclic amines) is 1. The van der Waals surface area contributed by atoms with Crippen molar-refractivity contribution in [1.82, 2.24) is 4.90 Å². The molecule has 3 rings (SSSR count). The monoisotopic (exact) mass is 425 g/mol. The van der Waals surface area contributed by atoms with Gasteiger partial charge < -0.3 is 10.8 Å². The smallest absolute Gasteiger partial charge is 0.208 e. The number of hydrogen-bond donors (Lipinski definition) is 3. The number of thiophene rings is 1. The zero-order valence-corrected chi connectivity index (χ0v) is 17.6.